The van der Waals surface area contributed by atoms with Crippen molar-refractivity contribution in [1.29, 1.82) is 0 Å². The molecule has 0 saturated heterocycles. The number of fused-ring (bicyclic) bond motifs is 1. The van der Waals surface area contributed by atoms with Crippen molar-refractivity contribution in [3.05, 3.63) is 22.2 Å². The van der Waals surface area contributed by atoms with E-state index in [0.29, 0.717) is 5.69 Å². The number of nitrogens with one attached hydrogen (secondary N) is 1. The lowest BCUT2D eigenvalue weighted by molar-refractivity contribution is -0.383. The smallest absolute Gasteiger partial charge is 0.322 e. The molecule has 0 saturated carbocycles. The van der Waals surface area contributed by atoms with Crippen molar-refractivity contribution >= 4 is 28.4 Å². The Bertz CT molecular complexity index is 639. The number of aromatic nitrogens is 2. The number of nitro groups is 1. The number of aliphatic carboxylic acids is 1. The number of carboxylic acid groups (broad SMARTS) is 1. The van der Waals surface area contributed by atoms with Gasteiger partial charge in [0, 0.05) is 12.6 Å². The summed E-state index contributed by atoms with van der Waals surface area (Å²) in [5.41, 5.74) is 5.58. The molecule has 2 rings (SSSR count). The molecule has 0 spiro atoms. The predicted octanol–water partition coefficient (Wildman–Crippen LogP) is -0.0452. The Morgan fingerprint density at radius 1 is 1.53 bits per heavy atom. The van der Waals surface area contributed by atoms with Gasteiger partial charge in [-0.2, -0.15) is 0 Å². The third kappa shape index (κ3) is 2.42. The number of benzene rings is 1. The highest BCUT2D eigenvalue weighted by molar-refractivity contribution is 5.93. The van der Waals surface area contributed by atoms with Gasteiger partial charge in [0.15, 0.2) is 5.52 Å². The molecule has 0 aliphatic heterocycles. The number of carboxylic acids is 1. The van der Waals surface area contributed by atoms with Crippen molar-refractivity contribution in [2.24, 2.45) is 5.73 Å². The standard InChI is InChI=1S/C9H9N5O5/c10-4(9(15)16)3-11-5-1-2-6(14(17)18)8-7(5)12-19-13-8/h1-2,4,11H,3,10H2,(H,15,16). The van der Waals surface area contributed by atoms with Crippen molar-refractivity contribution in [3.63, 3.8) is 0 Å². The summed E-state index contributed by atoms with van der Waals surface area (Å²) < 4.78 is 4.46. The minimum Gasteiger partial charge on any atom is -0.480 e. The van der Waals surface area contributed by atoms with Crippen LogP contribution in [-0.4, -0.2) is 38.9 Å². The van der Waals surface area contributed by atoms with E-state index in [4.69, 9.17) is 10.8 Å². The maximum absolute atomic E-state index is 10.8. The quantitative estimate of drug-likeness (QED) is 0.498. The van der Waals surface area contributed by atoms with Crippen molar-refractivity contribution in [3.8, 4) is 0 Å². The van der Waals surface area contributed by atoms with Gasteiger partial charge in [-0.05, 0) is 16.4 Å². The van der Waals surface area contributed by atoms with Gasteiger partial charge in [-0.1, -0.05) is 0 Å². The van der Waals surface area contributed by atoms with Gasteiger partial charge in [-0.15, -0.1) is 0 Å². The summed E-state index contributed by atoms with van der Waals surface area (Å²) in [5.74, 6) is -1.16. The van der Waals surface area contributed by atoms with Crippen LogP contribution in [0.2, 0.25) is 0 Å². The average molecular weight is 267 g/mol. The fourth-order valence-corrected chi connectivity index (χ4v) is 1.45. The molecule has 0 radical (unpaired) electrons. The second kappa shape index (κ2) is 4.86. The van der Waals surface area contributed by atoms with Crippen molar-refractivity contribution in [2.45, 2.75) is 6.04 Å². The fourth-order valence-electron chi connectivity index (χ4n) is 1.45. The maximum atomic E-state index is 10.8. The van der Waals surface area contributed by atoms with Gasteiger partial charge in [0.1, 0.15) is 6.04 Å². The number of non-ortho nitro benzene ring substituents is 1. The van der Waals surface area contributed by atoms with E-state index in [-0.39, 0.29) is 23.3 Å². The number of hydrogen-bond donors (Lipinski definition) is 3. The molecule has 19 heavy (non-hydrogen) atoms. The molecule has 10 nitrogen and oxygen atoms in total. The van der Waals surface area contributed by atoms with Gasteiger partial charge in [-0.3, -0.25) is 14.9 Å². The van der Waals surface area contributed by atoms with Crippen LogP contribution in [0.3, 0.4) is 0 Å². The van der Waals surface area contributed by atoms with Gasteiger partial charge >= 0.3 is 11.7 Å². The van der Waals surface area contributed by atoms with E-state index in [1.807, 2.05) is 0 Å². The number of anilines is 1. The number of nitrogens with two attached hydrogens (primary N) is 1. The molecule has 1 unspecified atom stereocenters. The fraction of sp³-hybridized carbons (Fsp3) is 0.222. The third-order valence-electron chi connectivity index (χ3n) is 2.42. The summed E-state index contributed by atoms with van der Waals surface area (Å²) in [6, 6.07) is 1.51. The normalized spacial score (nSPS) is 12.3. The molecule has 1 aromatic carbocycles. The van der Waals surface area contributed by atoms with Crippen molar-refractivity contribution in [1.82, 2.24) is 10.3 Å². The van der Waals surface area contributed by atoms with Crippen LogP contribution >= 0.6 is 0 Å². The molecule has 4 N–H and O–H groups in total. The summed E-state index contributed by atoms with van der Waals surface area (Å²) in [6.07, 6.45) is 0. The molecule has 100 valence electrons. The van der Waals surface area contributed by atoms with Crippen LogP contribution in [-0.2, 0) is 4.79 Å². The molecule has 10 heteroatoms. The van der Waals surface area contributed by atoms with Crippen LogP contribution in [0.5, 0.6) is 0 Å². The Morgan fingerprint density at radius 3 is 2.84 bits per heavy atom. The molecule has 1 aromatic heterocycles. The number of carbonyl (C=O) groups is 1. The largest absolute Gasteiger partial charge is 0.480 e. The predicted molar refractivity (Wildman–Crippen MR) is 62.6 cm³/mol. The Balaban J connectivity index is 2.30. The summed E-state index contributed by atoms with van der Waals surface area (Å²) in [7, 11) is 0. The van der Waals surface area contributed by atoms with Crippen LogP contribution in [0.15, 0.2) is 16.8 Å². The van der Waals surface area contributed by atoms with E-state index in [9.17, 15) is 14.9 Å². The number of nitro benzene ring substituents is 1. The number of hydrogen-bond acceptors (Lipinski definition) is 8. The van der Waals surface area contributed by atoms with E-state index < -0.39 is 16.9 Å². The van der Waals surface area contributed by atoms with E-state index >= 15 is 0 Å². The maximum Gasteiger partial charge on any atom is 0.322 e. The molecule has 0 fully saturated rings. The van der Waals surface area contributed by atoms with Gasteiger partial charge < -0.3 is 16.2 Å². The zero-order valence-corrected chi connectivity index (χ0v) is 9.44. The van der Waals surface area contributed by atoms with E-state index in [2.05, 4.69) is 20.3 Å². The molecule has 0 bridgehead atoms. The van der Waals surface area contributed by atoms with Crippen molar-refractivity contribution in [2.75, 3.05) is 11.9 Å². The van der Waals surface area contributed by atoms with Gasteiger partial charge in [-0.25, -0.2) is 4.63 Å². The third-order valence-corrected chi connectivity index (χ3v) is 2.42. The molecule has 0 amide bonds. The van der Waals surface area contributed by atoms with Crippen molar-refractivity contribution < 1.29 is 19.5 Å². The Morgan fingerprint density at radius 2 is 2.21 bits per heavy atom. The van der Waals surface area contributed by atoms with Gasteiger partial charge in [0.2, 0.25) is 5.52 Å². The molecule has 1 heterocycles. The summed E-state index contributed by atoms with van der Waals surface area (Å²) in [5, 5.41) is 29.1. The Labute approximate surface area is 105 Å². The molecule has 1 atom stereocenters. The first-order valence-corrected chi connectivity index (χ1v) is 5.12. The number of nitrogens with zero attached hydrogens (tertiary/aromatic N) is 3. The second-order valence-electron chi connectivity index (χ2n) is 3.68. The minimum absolute atomic E-state index is 0.0149. The van der Waals surface area contributed by atoms with E-state index in [1.54, 1.807) is 0 Å². The zero-order valence-electron chi connectivity index (χ0n) is 9.44. The van der Waals surface area contributed by atoms with Crippen LogP contribution in [0, 0.1) is 10.1 Å². The topological polar surface area (TPSA) is 157 Å². The highest BCUT2D eigenvalue weighted by atomic mass is 16.6. The Hall–Kier alpha value is -2.75. The lowest BCUT2D eigenvalue weighted by Crippen LogP contribution is -2.36. The molecular formula is C9H9N5O5. The highest BCUT2D eigenvalue weighted by Gasteiger charge is 2.20. The summed E-state index contributed by atoms with van der Waals surface area (Å²) in [4.78, 5) is 20.7. The Kier molecular flexibility index (Phi) is 3.25. The first-order chi connectivity index (χ1) is 9.00. The first-order valence-electron chi connectivity index (χ1n) is 5.12. The monoisotopic (exact) mass is 267 g/mol. The molecular weight excluding hydrogens is 258 g/mol. The lowest BCUT2D eigenvalue weighted by Gasteiger charge is -2.09. The van der Waals surface area contributed by atoms with Gasteiger partial charge in [0.05, 0.1) is 10.6 Å². The van der Waals surface area contributed by atoms with Gasteiger partial charge in [0.25, 0.3) is 0 Å². The second-order valence-corrected chi connectivity index (χ2v) is 3.68. The summed E-state index contributed by atoms with van der Waals surface area (Å²) in [6.45, 7) is -0.0604. The van der Waals surface area contributed by atoms with Crippen LogP contribution in [0.1, 0.15) is 0 Å². The molecule has 0 aliphatic carbocycles. The van der Waals surface area contributed by atoms with Crippen LogP contribution in [0.4, 0.5) is 11.4 Å². The van der Waals surface area contributed by atoms with Crippen LogP contribution in [0.25, 0.3) is 11.0 Å². The average Bonchev–Trinajstić information content (AvgIpc) is 2.83. The summed E-state index contributed by atoms with van der Waals surface area (Å²) >= 11 is 0. The molecule has 0 aliphatic rings. The first kappa shape index (κ1) is 12.7. The zero-order chi connectivity index (χ0) is 14.0. The van der Waals surface area contributed by atoms with E-state index in [0.717, 1.165) is 0 Å². The van der Waals surface area contributed by atoms with Crippen LogP contribution < -0.4 is 11.1 Å². The minimum atomic E-state index is -1.16. The lowest BCUT2D eigenvalue weighted by atomic mass is 10.2. The highest BCUT2D eigenvalue weighted by Crippen LogP contribution is 2.28. The number of rotatable bonds is 5. The SMILES string of the molecule is NC(CNc1ccc([N+](=O)[O-])c2nonc12)C(=O)O. The van der Waals surface area contributed by atoms with E-state index in [1.165, 1.54) is 12.1 Å². The molecule has 2 aromatic rings.